The van der Waals surface area contributed by atoms with Crippen LogP contribution in [0.5, 0.6) is 0 Å². The Labute approximate surface area is 148 Å². The van der Waals surface area contributed by atoms with Crippen molar-refractivity contribution in [2.24, 2.45) is 0 Å². The predicted molar refractivity (Wildman–Crippen MR) is 102 cm³/mol. The normalized spacial score (nSPS) is 17.5. The second-order valence-electron chi connectivity index (χ2n) is 6.22. The molecule has 2 nitrogen and oxygen atoms in total. The number of benzene rings is 3. The molecule has 2 heteroatoms. The topological polar surface area (TPSA) is 20.3 Å². The molecule has 1 aliphatic heterocycles. The summed E-state index contributed by atoms with van der Waals surface area (Å²) < 4.78 is 0. The first kappa shape index (κ1) is 15.4. The van der Waals surface area contributed by atoms with E-state index in [0.717, 1.165) is 28.7 Å². The SMILES string of the molecule is O=CC1c2ccccc2C(=Cc2ccccc2)N1Cc1ccccc1. The zero-order valence-corrected chi connectivity index (χ0v) is 13.9. The van der Waals surface area contributed by atoms with Crippen molar-refractivity contribution in [1.82, 2.24) is 4.90 Å². The van der Waals surface area contributed by atoms with Crippen molar-refractivity contribution in [2.45, 2.75) is 12.6 Å². The third-order valence-electron chi connectivity index (χ3n) is 4.63. The highest BCUT2D eigenvalue weighted by molar-refractivity contribution is 5.88. The number of carbonyl (C=O) groups excluding carboxylic acids is 1. The number of hydrogen-bond donors (Lipinski definition) is 0. The van der Waals surface area contributed by atoms with Crippen molar-refractivity contribution in [1.29, 1.82) is 0 Å². The summed E-state index contributed by atoms with van der Waals surface area (Å²) in [6.45, 7) is 0.706. The summed E-state index contributed by atoms with van der Waals surface area (Å²) in [6, 6.07) is 28.5. The van der Waals surface area contributed by atoms with Gasteiger partial charge in [0.05, 0.1) is 0 Å². The summed E-state index contributed by atoms with van der Waals surface area (Å²) in [7, 11) is 0. The van der Waals surface area contributed by atoms with E-state index in [2.05, 4.69) is 47.4 Å². The molecule has 0 aliphatic carbocycles. The maximum atomic E-state index is 11.9. The van der Waals surface area contributed by atoms with Crippen LogP contribution in [0.4, 0.5) is 0 Å². The molecule has 0 radical (unpaired) electrons. The summed E-state index contributed by atoms with van der Waals surface area (Å²) in [5.74, 6) is 0. The Morgan fingerprint density at radius 1 is 0.800 bits per heavy atom. The molecule has 0 N–H and O–H groups in total. The van der Waals surface area contributed by atoms with E-state index in [1.807, 2.05) is 48.5 Å². The zero-order chi connectivity index (χ0) is 17.1. The third-order valence-corrected chi connectivity index (χ3v) is 4.63. The summed E-state index contributed by atoms with van der Waals surface area (Å²) >= 11 is 0. The van der Waals surface area contributed by atoms with Gasteiger partial charge in [-0.3, -0.25) is 0 Å². The average Bonchev–Trinajstić information content (AvgIpc) is 2.96. The molecule has 4 rings (SSSR count). The lowest BCUT2D eigenvalue weighted by Crippen LogP contribution is -2.22. The van der Waals surface area contributed by atoms with Gasteiger partial charge in [0.25, 0.3) is 0 Å². The van der Waals surface area contributed by atoms with Crippen molar-refractivity contribution in [3.63, 3.8) is 0 Å². The second-order valence-corrected chi connectivity index (χ2v) is 6.22. The molecule has 0 spiro atoms. The lowest BCUT2D eigenvalue weighted by atomic mass is 10.0. The van der Waals surface area contributed by atoms with Gasteiger partial charge in [0.2, 0.25) is 0 Å². The molecule has 0 amide bonds. The number of rotatable bonds is 4. The molecular weight excluding hydrogens is 306 g/mol. The van der Waals surface area contributed by atoms with E-state index in [-0.39, 0.29) is 6.04 Å². The van der Waals surface area contributed by atoms with Gasteiger partial charge < -0.3 is 9.69 Å². The van der Waals surface area contributed by atoms with Crippen molar-refractivity contribution >= 4 is 18.1 Å². The zero-order valence-electron chi connectivity index (χ0n) is 13.9. The predicted octanol–water partition coefficient (Wildman–Crippen LogP) is 4.94. The fourth-order valence-corrected chi connectivity index (χ4v) is 3.44. The fourth-order valence-electron chi connectivity index (χ4n) is 3.44. The monoisotopic (exact) mass is 325 g/mol. The third kappa shape index (κ3) is 2.99. The minimum absolute atomic E-state index is 0.244. The maximum absolute atomic E-state index is 11.9. The van der Waals surface area contributed by atoms with Crippen LogP contribution in [-0.4, -0.2) is 11.2 Å². The first-order valence-corrected chi connectivity index (χ1v) is 8.49. The summed E-state index contributed by atoms with van der Waals surface area (Å²) in [5, 5.41) is 0. The van der Waals surface area contributed by atoms with Crippen LogP contribution in [0.15, 0.2) is 84.9 Å². The van der Waals surface area contributed by atoms with E-state index >= 15 is 0 Å². The van der Waals surface area contributed by atoms with Gasteiger partial charge in [-0.05, 0) is 22.8 Å². The van der Waals surface area contributed by atoms with E-state index in [0.29, 0.717) is 6.54 Å². The summed E-state index contributed by atoms with van der Waals surface area (Å²) in [6.07, 6.45) is 3.22. The van der Waals surface area contributed by atoms with E-state index in [1.165, 1.54) is 5.56 Å². The van der Waals surface area contributed by atoms with Crippen LogP contribution in [-0.2, 0) is 11.3 Å². The minimum atomic E-state index is -0.244. The van der Waals surface area contributed by atoms with Crippen molar-refractivity contribution in [3.05, 3.63) is 107 Å². The Kier molecular flexibility index (Phi) is 4.17. The van der Waals surface area contributed by atoms with Crippen LogP contribution in [0.3, 0.4) is 0 Å². The number of fused-ring (bicyclic) bond motifs is 1. The molecule has 0 saturated heterocycles. The highest BCUT2D eigenvalue weighted by atomic mass is 16.1. The van der Waals surface area contributed by atoms with Crippen LogP contribution in [0, 0.1) is 0 Å². The molecular formula is C23H19NO. The van der Waals surface area contributed by atoms with Crippen molar-refractivity contribution in [2.75, 3.05) is 0 Å². The Morgan fingerprint density at radius 3 is 2.16 bits per heavy atom. The first-order valence-electron chi connectivity index (χ1n) is 8.49. The van der Waals surface area contributed by atoms with Gasteiger partial charge in [0.1, 0.15) is 12.3 Å². The van der Waals surface area contributed by atoms with Gasteiger partial charge in [0, 0.05) is 17.8 Å². The Balaban J connectivity index is 1.81. The molecule has 122 valence electrons. The van der Waals surface area contributed by atoms with E-state index < -0.39 is 0 Å². The molecule has 0 fully saturated rings. The van der Waals surface area contributed by atoms with Crippen LogP contribution in [0.25, 0.3) is 11.8 Å². The van der Waals surface area contributed by atoms with Gasteiger partial charge in [-0.2, -0.15) is 0 Å². The molecule has 3 aromatic rings. The quantitative estimate of drug-likeness (QED) is 0.633. The Morgan fingerprint density at radius 2 is 1.44 bits per heavy atom. The molecule has 1 atom stereocenters. The fraction of sp³-hybridized carbons (Fsp3) is 0.0870. The van der Waals surface area contributed by atoms with E-state index in [9.17, 15) is 4.79 Å². The summed E-state index contributed by atoms with van der Waals surface area (Å²) in [5.41, 5.74) is 5.65. The largest absolute Gasteiger partial charge is 0.353 e. The lowest BCUT2D eigenvalue weighted by molar-refractivity contribution is -0.111. The van der Waals surface area contributed by atoms with Gasteiger partial charge in [0.15, 0.2) is 0 Å². The molecule has 1 unspecified atom stereocenters. The van der Waals surface area contributed by atoms with E-state index in [4.69, 9.17) is 0 Å². The average molecular weight is 325 g/mol. The molecule has 3 aromatic carbocycles. The molecule has 25 heavy (non-hydrogen) atoms. The van der Waals surface area contributed by atoms with Crippen LogP contribution in [0.1, 0.15) is 28.3 Å². The molecule has 0 saturated carbocycles. The highest BCUT2D eigenvalue weighted by Crippen LogP contribution is 2.42. The standard InChI is InChI=1S/C23H19NO/c25-17-23-21-14-8-7-13-20(21)22(15-18-9-3-1-4-10-18)24(23)16-19-11-5-2-6-12-19/h1-15,17,23H,16H2. The molecule has 1 heterocycles. The number of nitrogens with zero attached hydrogens (tertiary/aromatic N) is 1. The van der Waals surface area contributed by atoms with Gasteiger partial charge in [-0.25, -0.2) is 0 Å². The maximum Gasteiger partial charge on any atom is 0.147 e. The smallest absolute Gasteiger partial charge is 0.147 e. The van der Waals surface area contributed by atoms with Crippen molar-refractivity contribution < 1.29 is 4.79 Å². The minimum Gasteiger partial charge on any atom is -0.353 e. The van der Waals surface area contributed by atoms with E-state index in [1.54, 1.807) is 0 Å². The van der Waals surface area contributed by atoms with Crippen molar-refractivity contribution in [3.8, 4) is 0 Å². The molecule has 0 bridgehead atoms. The first-order chi connectivity index (χ1) is 12.4. The highest BCUT2D eigenvalue weighted by Gasteiger charge is 2.33. The summed E-state index contributed by atoms with van der Waals surface area (Å²) in [4.78, 5) is 14.1. The molecule has 1 aliphatic rings. The second kappa shape index (κ2) is 6.78. The van der Waals surface area contributed by atoms with Crippen LogP contribution in [0.2, 0.25) is 0 Å². The van der Waals surface area contributed by atoms with Gasteiger partial charge in [-0.1, -0.05) is 84.9 Å². The molecule has 0 aromatic heterocycles. The Hall–Kier alpha value is -3.13. The van der Waals surface area contributed by atoms with Gasteiger partial charge >= 0.3 is 0 Å². The number of carbonyl (C=O) groups is 1. The van der Waals surface area contributed by atoms with Crippen LogP contribution < -0.4 is 0 Å². The lowest BCUT2D eigenvalue weighted by Gasteiger charge is -2.25. The number of aldehydes is 1. The number of hydrogen-bond acceptors (Lipinski definition) is 2. The van der Waals surface area contributed by atoms with Crippen LogP contribution >= 0.6 is 0 Å². The van der Waals surface area contributed by atoms with Gasteiger partial charge in [-0.15, -0.1) is 0 Å². The Bertz CT molecular complexity index is 900.